The van der Waals surface area contributed by atoms with Crippen LogP contribution in [0.2, 0.25) is 0 Å². The summed E-state index contributed by atoms with van der Waals surface area (Å²) < 4.78 is 6.20. The van der Waals surface area contributed by atoms with Gasteiger partial charge in [-0.2, -0.15) is 0 Å². The summed E-state index contributed by atoms with van der Waals surface area (Å²) in [4.78, 5) is 2.14. The van der Waals surface area contributed by atoms with Gasteiger partial charge in [0.15, 0.2) is 0 Å². The quantitative estimate of drug-likeness (QED) is 0.636. The smallest absolute Gasteiger partial charge is 0.134 e. The SMILES string of the molecule is CN(C)c1ccc(C2CCCc3oc(-c4ccccc4)cc32)cc1. The van der Waals surface area contributed by atoms with Gasteiger partial charge in [-0.25, -0.2) is 0 Å². The molecule has 0 bridgehead atoms. The van der Waals surface area contributed by atoms with E-state index in [1.807, 2.05) is 6.07 Å². The standard InChI is InChI=1S/C22H23NO/c1-23(2)18-13-11-16(12-14-18)19-9-6-10-21-20(19)15-22(24-21)17-7-4-3-5-8-17/h3-5,7-8,11-15,19H,6,9-10H2,1-2H3. The van der Waals surface area contributed by atoms with Gasteiger partial charge < -0.3 is 9.32 Å². The number of hydrogen-bond acceptors (Lipinski definition) is 2. The Hall–Kier alpha value is -2.48. The number of furan rings is 1. The normalized spacial score (nSPS) is 16.7. The first kappa shape index (κ1) is 15.1. The Bertz CT molecular complexity index is 815. The van der Waals surface area contributed by atoms with Crippen molar-refractivity contribution >= 4 is 5.69 Å². The Morgan fingerprint density at radius 1 is 0.958 bits per heavy atom. The van der Waals surface area contributed by atoms with Crippen LogP contribution in [-0.2, 0) is 6.42 Å². The highest BCUT2D eigenvalue weighted by Gasteiger charge is 2.26. The van der Waals surface area contributed by atoms with Gasteiger partial charge in [0.1, 0.15) is 11.5 Å². The van der Waals surface area contributed by atoms with Crippen LogP contribution in [-0.4, -0.2) is 14.1 Å². The minimum atomic E-state index is 0.450. The summed E-state index contributed by atoms with van der Waals surface area (Å²) in [7, 11) is 4.16. The molecular weight excluding hydrogens is 294 g/mol. The van der Waals surface area contributed by atoms with Crippen LogP contribution >= 0.6 is 0 Å². The van der Waals surface area contributed by atoms with Crippen molar-refractivity contribution in [2.24, 2.45) is 0 Å². The van der Waals surface area contributed by atoms with Crippen LogP contribution in [0.5, 0.6) is 0 Å². The number of fused-ring (bicyclic) bond motifs is 1. The molecule has 0 N–H and O–H groups in total. The van der Waals surface area contributed by atoms with Gasteiger partial charge in [-0.3, -0.25) is 0 Å². The Balaban J connectivity index is 1.70. The van der Waals surface area contributed by atoms with Crippen LogP contribution in [0.4, 0.5) is 5.69 Å². The minimum Gasteiger partial charge on any atom is -0.461 e. The first-order valence-electron chi connectivity index (χ1n) is 8.67. The van der Waals surface area contributed by atoms with Crippen molar-refractivity contribution < 1.29 is 4.42 Å². The number of rotatable bonds is 3. The van der Waals surface area contributed by atoms with E-state index in [1.54, 1.807) is 0 Å². The average molecular weight is 317 g/mol. The lowest BCUT2D eigenvalue weighted by Gasteiger charge is -2.22. The highest BCUT2D eigenvalue weighted by molar-refractivity contribution is 5.60. The Kier molecular flexibility index (Phi) is 3.89. The number of hydrogen-bond donors (Lipinski definition) is 0. The van der Waals surface area contributed by atoms with Gasteiger partial charge in [-0.15, -0.1) is 0 Å². The lowest BCUT2D eigenvalue weighted by molar-refractivity contribution is 0.473. The molecule has 0 radical (unpaired) electrons. The van der Waals surface area contributed by atoms with Crippen LogP contribution in [0.3, 0.4) is 0 Å². The molecule has 1 aromatic heterocycles. The molecule has 1 unspecified atom stereocenters. The summed E-state index contributed by atoms with van der Waals surface area (Å²) in [5.41, 5.74) is 5.17. The Morgan fingerprint density at radius 2 is 1.71 bits per heavy atom. The number of aryl methyl sites for hydroxylation is 1. The molecule has 2 nitrogen and oxygen atoms in total. The minimum absolute atomic E-state index is 0.450. The molecule has 1 aliphatic rings. The van der Waals surface area contributed by atoms with Crippen molar-refractivity contribution in [3.05, 3.63) is 77.6 Å². The van der Waals surface area contributed by atoms with E-state index in [0.717, 1.165) is 17.7 Å². The molecule has 0 saturated heterocycles. The predicted molar refractivity (Wildman–Crippen MR) is 99.7 cm³/mol. The molecule has 1 atom stereocenters. The summed E-state index contributed by atoms with van der Waals surface area (Å²) >= 11 is 0. The fourth-order valence-corrected chi connectivity index (χ4v) is 3.65. The maximum absolute atomic E-state index is 6.20. The van der Waals surface area contributed by atoms with E-state index < -0.39 is 0 Å². The molecule has 0 spiro atoms. The van der Waals surface area contributed by atoms with Gasteiger partial charge in [0, 0.05) is 43.2 Å². The molecule has 2 aromatic carbocycles. The molecule has 0 saturated carbocycles. The fraction of sp³-hybridized carbons (Fsp3) is 0.273. The zero-order valence-electron chi connectivity index (χ0n) is 14.3. The predicted octanol–water partition coefficient (Wildman–Crippen LogP) is 5.48. The molecule has 24 heavy (non-hydrogen) atoms. The van der Waals surface area contributed by atoms with Gasteiger partial charge in [0.25, 0.3) is 0 Å². The third kappa shape index (κ3) is 2.73. The third-order valence-electron chi connectivity index (χ3n) is 4.98. The Labute approximate surface area is 143 Å². The van der Waals surface area contributed by atoms with Gasteiger partial charge in [0.05, 0.1) is 0 Å². The highest BCUT2D eigenvalue weighted by Crippen LogP contribution is 2.40. The number of anilines is 1. The second-order valence-corrected chi connectivity index (χ2v) is 6.79. The summed E-state index contributed by atoms with van der Waals surface area (Å²) in [6, 6.07) is 21.6. The van der Waals surface area contributed by atoms with Gasteiger partial charge in [-0.05, 0) is 36.6 Å². The molecule has 0 aliphatic heterocycles. The van der Waals surface area contributed by atoms with E-state index in [-0.39, 0.29) is 0 Å². The van der Waals surface area contributed by atoms with Gasteiger partial charge in [-0.1, -0.05) is 42.5 Å². The van der Waals surface area contributed by atoms with E-state index in [9.17, 15) is 0 Å². The molecule has 122 valence electrons. The van der Waals surface area contributed by atoms with Crippen molar-refractivity contribution in [3.63, 3.8) is 0 Å². The van der Waals surface area contributed by atoms with Crippen molar-refractivity contribution in [2.45, 2.75) is 25.2 Å². The largest absolute Gasteiger partial charge is 0.461 e. The zero-order chi connectivity index (χ0) is 16.5. The number of benzene rings is 2. The summed E-state index contributed by atoms with van der Waals surface area (Å²) in [5, 5.41) is 0. The van der Waals surface area contributed by atoms with E-state index in [1.165, 1.54) is 35.4 Å². The lowest BCUT2D eigenvalue weighted by atomic mass is 9.82. The van der Waals surface area contributed by atoms with Crippen molar-refractivity contribution in [1.29, 1.82) is 0 Å². The van der Waals surface area contributed by atoms with E-state index in [0.29, 0.717) is 5.92 Å². The highest BCUT2D eigenvalue weighted by atomic mass is 16.3. The molecule has 3 aromatic rings. The molecular formula is C22H23NO. The molecule has 1 aliphatic carbocycles. The van der Waals surface area contributed by atoms with E-state index in [2.05, 4.69) is 73.6 Å². The molecule has 0 amide bonds. The summed E-state index contributed by atoms with van der Waals surface area (Å²) in [6.45, 7) is 0. The van der Waals surface area contributed by atoms with Gasteiger partial charge >= 0.3 is 0 Å². The molecule has 2 heteroatoms. The fourth-order valence-electron chi connectivity index (χ4n) is 3.65. The van der Waals surface area contributed by atoms with Crippen LogP contribution in [0.1, 0.15) is 35.6 Å². The Morgan fingerprint density at radius 3 is 2.42 bits per heavy atom. The van der Waals surface area contributed by atoms with Crippen molar-refractivity contribution in [1.82, 2.24) is 0 Å². The number of nitrogens with zero attached hydrogens (tertiary/aromatic N) is 1. The van der Waals surface area contributed by atoms with E-state index in [4.69, 9.17) is 4.42 Å². The van der Waals surface area contributed by atoms with Crippen LogP contribution in [0.15, 0.2) is 65.1 Å². The first-order chi connectivity index (χ1) is 11.7. The van der Waals surface area contributed by atoms with Crippen LogP contribution in [0.25, 0.3) is 11.3 Å². The molecule has 1 heterocycles. The van der Waals surface area contributed by atoms with Crippen LogP contribution < -0.4 is 4.90 Å². The first-order valence-corrected chi connectivity index (χ1v) is 8.67. The topological polar surface area (TPSA) is 16.4 Å². The van der Waals surface area contributed by atoms with Crippen molar-refractivity contribution in [3.8, 4) is 11.3 Å². The average Bonchev–Trinajstić information content (AvgIpc) is 3.07. The van der Waals surface area contributed by atoms with Gasteiger partial charge in [0.2, 0.25) is 0 Å². The van der Waals surface area contributed by atoms with Crippen molar-refractivity contribution in [2.75, 3.05) is 19.0 Å². The molecule has 4 rings (SSSR count). The maximum atomic E-state index is 6.20. The van der Waals surface area contributed by atoms with E-state index >= 15 is 0 Å². The monoisotopic (exact) mass is 317 g/mol. The maximum Gasteiger partial charge on any atom is 0.134 e. The second-order valence-electron chi connectivity index (χ2n) is 6.79. The lowest BCUT2D eigenvalue weighted by Crippen LogP contribution is -2.10. The summed E-state index contributed by atoms with van der Waals surface area (Å²) in [6.07, 6.45) is 3.44. The molecule has 0 fully saturated rings. The second kappa shape index (κ2) is 6.20. The summed E-state index contributed by atoms with van der Waals surface area (Å²) in [5.74, 6) is 2.62. The third-order valence-corrected chi connectivity index (χ3v) is 4.98. The zero-order valence-corrected chi connectivity index (χ0v) is 14.3. The van der Waals surface area contributed by atoms with Crippen LogP contribution in [0, 0.1) is 0 Å².